The molecule has 2 aromatic rings. The number of nitrogens with zero attached hydrogens (tertiary/aromatic N) is 2. The Labute approximate surface area is 246 Å². The van der Waals surface area contributed by atoms with E-state index in [9.17, 15) is 30.0 Å². The summed E-state index contributed by atoms with van der Waals surface area (Å²) >= 11 is 0. The van der Waals surface area contributed by atoms with E-state index in [-0.39, 0.29) is 82.2 Å². The van der Waals surface area contributed by atoms with Crippen molar-refractivity contribution in [1.82, 2.24) is 0 Å². The zero-order valence-corrected chi connectivity index (χ0v) is 24.8. The summed E-state index contributed by atoms with van der Waals surface area (Å²) in [6.45, 7) is 7.89. The van der Waals surface area contributed by atoms with Crippen molar-refractivity contribution in [3.05, 3.63) is 71.2 Å². The lowest BCUT2D eigenvalue weighted by atomic mass is 9.73. The number of aromatic hydroxyl groups is 2. The average Bonchev–Trinajstić information content (AvgIpc) is 2.87. The zero-order valence-electron chi connectivity index (χ0n) is 24.8. The molecule has 0 bridgehead atoms. The van der Waals surface area contributed by atoms with E-state index >= 15 is 0 Å². The minimum Gasteiger partial charge on any atom is -0.511 e. The van der Waals surface area contributed by atoms with Crippen molar-refractivity contribution in [2.45, 2.75) is 79.1 Å². The van der Waals surface area contributed by atoms with Crippen LogP contribution in [0.3, 0.4) is 0 Å². The number of rotatable bonds is 7. The van der Waals surface area contributed by atoms with Crippen LogP contribution in [0.5, 0.6) is 11.5 Å². The van der Waals surface area contributed by atoms with Gasteiger partial charge in [-0.3, -0.25) is 9.59 Å². The average molecular weight is 573 g/mol. The van der Waals surface area contributed by atoms with Crippen LogP contribution in [0.1, 0.15) is 79.1 Å². The summed E-state index contributed by atoms with van der Waals surface area (Å²) in [7, 11) is 0. The van der Waals surface area contributed by atoms with Crippen molar-refractivity contribution in [2.75, 3.05) is 0 Å². The summed E-state index contributed by atoms with van der Waals surface area (Å²) in [5.74, 6) is -0.515. The molecule has 4 rings (SSSR count). The Balaban J connectivity index is 1.53. The number of Topliss-reactive ketones (excluding diaryl/α,β-unsaturated/α-hetero) is 2. The highest BCUT2D eigenvalue weighted by atomic mass is 16.3. The van der Waals surface area contributed by atoms with Gasteiger partial charge in [0.25, 0.3) is 0 Å². The fraction of sp³-hybridized carbons (Fsp3) is 0.412. The number of aliphatic imine (C=N–C) groups is 2. The van der Waals surface area contributed by atoms with Crippen molar-refractivity contribution in [3.8, 4) is 11.5 Å². The number of phenols is 2. The van der Waals surface area contributed by atoms with Gasteiger partial charge in [-0.05, 0) is 60.8 Å². The molecule has 0 saturated heterocycles. The van der Waals surface area contributed by atoms with Crippen molar-refractivity contribution in [2.24, 2.45) is 20.8 Å². The maximum atomic E-state index is 13.1. The first-order chi connectivity index (χ1) is 19.8. The largest absolute Gasteiger partial charge is 0.511 e. The number of aliphatic hydroxyl groups excluding tert-OH is 2. The van der Waals surface area contributed by atoms with E-state index in [0.717, 1.165) is 0 Å². The van der Waals surface area contributed by atoms with Gasteiger partial charge < -0.3 is 20.4 Å². The molecule has 2 aromatic carbocycles. The first-order valence-corrected chi connectivity index (χ1v) is 14.4. The Morgan fingerprint density at radius 2 is 1.00 bits per heavy atom. The van der Waals surface area contributed by atoms with E-state index in [1.54, 1.807) is 36.4 Å². The number of ketones is 2. The Bertz CT molecular complexity index is 1400. The molecule has 0 atom stereocenters. The number of hydrogen-bond acceptors (Lipinski definition) is 8. The second-order valence-corrected chi connectivity index (χ2v) is 12.8. The number of hydrogen-bond donors (Lipinski definition) is 4. The van der Waals surface area contributed by atoms with Gasteiger partial charge in [0.2, 0.25) is 0 Å². The minimum absolute atomic E-state index is 0.00536. The monoisotopic (exact) mass is 572 g/mol. The molecule has 2 fully saturated rings. The molecule has 0 unspecified atom stereocenters. The number of phenolic OH excluding ortho intramolecular Hbond substituents is 2. The molecule has 2 saturated carbocycles. The van der Waals surface area contributed by atoms with Crippen LogP contribution in [0.15, 0.2) is 81.2 Å². The molecule has 2 aliphatic rings. The first-order valence-electron chi connectivity index (χ1n) is 14.4. The maximum Gasteiger partial charge on any atom is 0.168 e. The van der Waals surface area contributed by atoms with Gasteiger partial charge in [-0.25, -0.2) is 9.98 Å². The summed E-state index contributed by atoms with van der Waals surface area (Å²) in [6.07, 6.45) is 2.80. The number of benzene rings is 2. The van der Waals surface area contributed by atoms with E-state index in [4.69, 9.17) is 0 Å². The molecular formula is C34H40N2O6. The summed E-state index contributed by atoms with van der Waals surface area (Å²) in [4.78, 5) is 35.3. The third-order valence-corrected chi connectivity index (χ3v) is 7.63. The molecule has 0 spiro atoms. The van der Waals surface area contributed by atoms with E-state index in [1.807, 2.05) is 27.7 Å². The molecule has 4 N–H and O–H groups in total. The number of aliphatic hydroxyl groups is 2. The highest BCUT2D eigenvalue weighted by Crippen LogP contribution is 2.39. The molecule has 8 heteroatoms. The summed E-state index contributed by atoms with van der Waals surface area (Å²) in [5, 5.41) is 42.5. The lowest BCUT2D eigenvalue weighted by Crippen LogP contribution is -2.32. The van der Waals surface area contributed by atoms with E-state index in [0.29, 0.717) is 48.5 Å². The van der Waals surface area contributed by atoms with Crippen molar-refractivity contribution in [3.63, 3.8) is 0 Å². The lowest BCUT2D eigenvalue weighted by molar-refractivity contribution is -0.118. The van der Waals surface area contributed by atoms with Gasteiger partial charge in [0.15, 0.2) is 11.6 Å². The molecule has 0 aromatic heterocycles. The molecule has 0 heterocycles. The second-order valence-electron chi connectivity index (χ2n) is 12.8. The van der Waals surface area contributed by atoms with Gasteiger partial charge in [0.1, 0.15) is 34.4 Å². The number of allylic oxidation sites excluding steroid dienone is 4. The zero-order chi connectivity index (χ0) is 30.7. The number of unbranched alkanes of at least 4 members (excludes halogenated alkanes) is 1. The summed E-state index contributed by atoms with van der Waals surface area (Å²) in [5.41, 5.74) is 1.28. The lowest BCUT2D eigenvalue weighted by Gasteiger charge is -2.31. The Kier molecular flexibility index (Phi) is 9.04. The van der Waals surface area contributed by atoms with Crippen LogP contribution < -0.4 is 0 Å². The molecule has 8 nitrogen and oxygen atoms in total. The highest BCUT2D eigenvalue weighted by molar-refractivity contribution is 6.26. The van der Waals surface area contributed by atoms with Gasteiger partial charge >= 0.3 is 0 Å². The van der Waals surface area contributed by atoms with Crippen molar-refractivity contribution >= 4 is 34.4 Å². The van der Waals surface area contributed by atoms with Gasteiger partial charge in [0.05, 0.1) is 22.6 Å². The van der Waals surface area contributed by atoms with Crippen LogP contribution in [0.4, 0.5) is 11.4 Å². The van der Waals surface area contributed by atoms with Gasteiger partial charge in [-0.15, -0.1) is 0 Å². The van der Waals surface area contributed by atoms with Crippen molar-refractivity contribution in [1.29, 1.82) is 0 Å². The minimum atomic E-state index is -0.334. The van der Waals surface area contributed by atoms with Crippen LogP contribution in [0.25, 0.3) is 0 Å². The molecule has 0 amide bonds. The third kappa shape index (κ3) is 7.35. The van der Waals surface area contributed by atoms with Gasteiger partial charge in [-0.2, -0.15) is 0 Å². The Hall–Kier alpha value is -4.20. The van der Waals surface area contributed by atoms with Gasteiger partial charge in [-0.1, -0.05) is 52.0 Å². The topological polar surface area (TPSA) is 140 Å². The summed E-state index contributed by atoms with van der Waals surface area (Å²) < 4.78 is 0. The first kappa shape index (κ1) is 30.8. The maximum absolute atomic E-state index is 13.1. The van der Waals surface area contributed by atoms with E-state index < -0.39 is 0 Å². The van der Waals surface area contributed by atoms with Crippen LogP contribution >= 0.6 is 0 Å². The predicted molar refractivity (Wildman–Crippen MR) is 164 cm³/mol. The number of para-hydroxylation sites is 4. The SMILES string of the molecule is CC1(C)CC(=O)C(=C(O)CCCCC(O)=C2C(=O)CC(C)(C)CC2=Nc2ccccc2O)C(=Nc2ccccc2O)C1. The molecule has 0 radical (unpaired) electrons. The Morgan fingerprint density at radius 1 is 0.643 bits per heavy atom. The summed E-state index contributed by atoms with van der Waals surface area (Å²) in [6, 6.07) is 13.2. The van der Waals surface area contributed by atoms with Crippen LogP contribution in [0, 0.1) is 10.8 Å². The molecule has 222 valence electrons. The molecular weight excluding hydrogens is 532 g/mol. The van der Waals surface area contributed by atoms with Crippen molar-refractivity contribution < 1.29 is 30.0 Å². The predicted octanol–water partition coefficient (Wildman–Crippen LogP) is 7.91. The van der Waals surface area contributed by atoms with E-state index in [1.165, 1.54) is 12.1 Å². The number of carbonyl (C=O) groups is 2. The fourth-order valence-electron chi connectivity index (χ4n) is 5.67. The quantitative estimate of drug-likeness (QED) is 0.151. The van der Waals surface area contributed by atoms with Crippen LogP contribution in [0.2, 0.25) is 0 Å². The standard InChI is InChI=1S/C34H40N2O6/c1-33(2)17-23(35-21-11-5-7-13-25(21)37)31(29(41)19-33)27(39)15-9-10-16-28(40)32-24(18-34(3,4)20-30(32)42)36-22-12-6-8-14-26(22)38/h5-8,11-14,37-40H,9-10,15-20H2,1-4H3. The molecule has 0 aliphatic heterocycles. The van der Waals surface area contributed by atoms with E-state index in [2.05, 4.69) is 9.98 Å². The number of carbonyl (C=O) groups excluding carboxylic acids is 2. The highest BCUT2D eigenvalue weighted by Gasteiger charge is 2.37. The molecule has 2 aliphatic carbocycles. The van der Waals surface area contributed by atoms with Gasteiger partial charge in [0, 0.05) is 25.7 Å². The Morgan fingerprint density at radius 3 is 1.36 bits per heavy atom. The normalized spacial score (nSPS) is 22.9. The fourth-order valence-corrected chi connectivity index (χ4v) is 5.67. The molecule has 42 heavy (non-hydrogen) atoms. The second kappa shape index (κ2) is 12.3. The smallest absolute Gasteiger partial charge is 0.168 e. The van der Waals surface area contributed by atoms with Crippen LogP contribution in [-0.4, -0.2) is 43.4 Å². The third-order valence-electron chi connectivity index (χ3n) is 7.63. The van der Waals surface area contributed by atoms with Crippen LogP contribution in [-0.2, 0) is 9.59 Å².